The van der Waals surface area contributed by atoms with Crippen molar-refractivity contribution < 1.29 is 57.2 Å². The van der Waals surface area contributed by atoms with E-state index in [9.17, 15) is 28.8 Å². The number of carbonyl (C=O) groups is 6. The quantitative estimate of drug-likeness (QED) is 0.0746. The topological polar surface area (TPSA) is 184 Å². The summed E-state index contributed by atoms with van der Waals surface area (Å²) in [5.41, 5.74) is 1.37. The average Bonchev–Trinajstić information content (AvgIpc) is 3.04. The highest BCUT2D eigenvalue weighted by Gasteiger charge is 2.19. The van der Waals surface area contributed by atoms with Crippen LogP contribution in [-0.2, 0) is 47.7 Å². The van der Waals surface area contributed by atoms with Gasteiger partial charge in [-0.05, 0) is 12.1 Å². The molecule has 1 heterocycles. The van der Waals surface area contributed by atoms with Gasteiger partial charge in [-0.2, -0.15) is 0 Å². The molecule has 2 aromatic carbocycles. The van der Waals surface area contributed by atoms with Crippen LogP contribution in [0.1, 0.15) is 32.6 Å². The monoisotopic (exact) mass is 622 g/mol. The lowest BCUT2D eigenvalue weighted by Gasteiger charge is -2.12. The molecule has 0 spiro atoms. The number of benzene rings is 2. The number of ether oxygens (including phenoxy) is 6. The van der Waals surface area contributed by atoms with Crippen molar-refractivity contribution in [3.8, 4) is 22.8 Å². The first kappa shape index (κ1) is 33.8. The molecule has 14 heteroatoms. The van der Waals surface area contributed by atoms with Crippen molar-refractivity contribution in [1.29, 1.82) is 0 Å². The predicted molar refractivity (Wildman–Crippen MR) is 154 cm³/mol. The number of carbonyl (C=O) groups excluding carboxylic acids is 6. The van der Waals surface area contributed by atoms with Gasteiger partial charge in [0, 0.05) is 18.6 Å². The van der Waals surface area contributed by atoms with E-state index in [-0.39, 0.29) is 74.6 Å². The van der Waals surface area contributed by atoms with Crippen molar-refractivity contribution >= 4 is 46.8 Å². The lowest BCUT2D eigenvalue weighted by molar-refractivity contribution is -0.152. The van der Waals surface area contributed by atoms with E-state index in [1.54, 1.807) is 12.1 Å². The van der Waals surface area contributed by atoms with E-state index >= 15 is 0 Å². The summed E-state index contributed by atoms with van der Waals surface area (Å²) in [6.07, 6.45) is 1.22. The van der Waals surface area contributed by atoms with Crippen LogP contribution in [-0.4, -0.2) is 72.2 Å². The third kappa shape index (κ3) is 11.5. The standard InChI is InChI=1S/C31H30N2O12/c1-3-25(35)41-17-18-43-27(37)11-13-28(38)44-23-9-10-24(45-29(39)14-12-26(36)42-16-15-40-20(2)34)31-30(23)32-19-22(33-31)21-7-5-4-6-8-21/h3-10,19H,1,11-18H2,2H3. The summed E-state index contributed by atoms with van der Waals surface area (Å²) in [6.45, 7) is 3.88. The van der Waals surface area contributed by atoms with Gasteiger partial charge in [0.2, 0.25) is 0 Å². The van der Waals surface area contributed by atoms with E-state index < -0.39 is 35.8 Å². The van der Waals surface area contributed by atoms with Crippen LogP contribution in [0.3, 0.4) is 0 Å². The molecule has 0 saturated heterocycles. The summed E-state index contributed by atoms with van der Waals surface area (Å²) in [7, 11) is 0. The SMILES string of the molecule is C=CC(=O)OCCOC(=O)CCC(=O)Oc1ccc(OC(=O)CCC(=O)OCCOC(C)=O)c2nc(-c3ccccc3)cnc12. The third-order valence-electron chi connectivity index (χ3n) is 5.62. The first-order valence-corrected chi connectivity index (χ1v) is 13.7. The summed E-state index contributed by atoms with van der Waals surface area (Å²) in [6, 6.07) is 11.8. The molecule has 45 heavy (non-hydrogen) atoms. The number of esters is 6. The van der Waals surface area contributed by atoms with Gasteiger partial charge in [0.25, 0.3) is 0 Å². The Balaban J connectivity index is 1.67. The minimum Gasteiger partial charge on any atom is -0.462 e. The molecule has 0 fully saturated rings. The maximum Gasteiger partial charge on any atom is 0.330 e. The van der Waals surface area contributed by atoms with Crippen molar-refractivity contribution in [2.75, 3.05) is 26.4 Å². The molecule has 0 aliphatic carbocycles. The predicted octanol–water partition coefficient (Wildman–Crippen LogP) is 3.05. The van der Waals surface area contributed by atoms with Gasteiger partial charge in [0.15, 0.2) is 11.5 Å². The zero-order valence-electron chi connectivity index (χ0n) is 24.4. The molecule has 0 amide bonds. The number of hydrogen-bond acceptors (Lipinski definition) is 14. The van der Waals surface area contributed by atoms with E-state index in [2.05, 4.69) is 21.3 Å². The van der Waals surface area contributed by atoms with Crippen LogP contribution in [0, 0.1) is 0 Å². The Morgan fingerprint density at radius 1 is 0.667 bits per heavy atom. The fourth-order valence-electron chi connectivity index (χ4n) is 3.56. The first-order chi connectivity index (χ1) is 21.7. The zero-order valence-corrected chi connectivity index (χ0v) is 24.4. The summed E-state index contributed by atoms with van der Waals surface area (Å²) in [5.74, 6) is -4.07. The summed E-state index contributed by atoms with van der Waals surface area (Å²) < 4.78 is 30.1. The van der Waals surface area contributed by atoms with Crippen molar-refractivity contribution in [2.24, 2.45) is 0 Å². The summed E-state index contributed by atoms with van der Waals surface area (Å²) >= 11 is 0. The fourth-order valence-corrected chi connectivity index (χ4v) is 3.56. The first-order valence-electron chi connectivity index (χ1n) is 13.7. The molecule has 0 aliphatic rings. The largest absolute Gasteiger partial charge is 0.462 e. The van der Waals surface area contributed by atoms with Gasteiger partial charge >= 0.3 is 35.8 Å². The zero-order chi connectivity index (χ0) is 32.6. The molecule has 0 radical (unpaired) electrons. The molecular weight excluding hydrogens is 592 g/mol. The van der Waals surface area contributed by atoms with E-state index in [0.717, 1.165) is 11.6 Å². The van der Waals surface area contributed by atoms with E-state index in [0.29, 0.717) is 5.69 Å². The smallest absolute Gasteiger partial charge is 0.330 e. The molecule has 3 rings (SSSR count). The Kier molecular flexibility index (Phi) is 13.1. The summed E-state index contributed by atoms with van der Waals surface area (Å²) in [4.78, 5) is 79.7. The molecule has 0 bridgehead atoms. The molecule has 0 atom stereocenters. The van der Waals surface area contributed by atoms with Crippen LogP contribution in [0.15, 0.2) is 61.3 Å². The fraction of sp³-hybridized carbons (Fsp3) is 0.290. The Morgan fingerprint density at radius 2 is 1.18 bits per heavy atom. The van der Waals surface area contributed by atoms with Gasteiger partial charge in [-0.3, -0.25) is 24.0 Å². The minimum absolute atomic E-state index is 0.00275. The second kappa shape index (κ2) is 17.5. The van der Waals surface area contributed by atoms with Crippen molar-refractivity contribution in [3.63, 3.8) is 0 Å². The lowest BCUT2D eigenvalue weighted by atomic mass is 10.1. The molecule has 0 unspecified atom stereocenters. The van der Waals surface area contributed by atoms with Crippen LogP contribution in [0.5, 0.6) is 11.5 Å². The van der Waals surface area contributed by atoms with Gasteiger partial charge in [0.05, 0.1) is 37.6 Å². The van der Waals surface area contributed by atoms with Crippen LogP contribution in [0.2, 0.25) is 0 Å². The van der Waals surface area contributed by atoms with E-state index in [1.165, 1.54) is 25.3 Å². The molecular formula is C31H30N2O12. The molecule has 1 aromatic heterocycles. The van der Waals surface area contributed by atoms with Gasteiger partial charge < -0.3 is 28.4 Å². The van der Waals surface area contributed by atoms with Gasteiger partial charge in [-0.25, -0.2) is 14.8 Å². The maximum atomic E-state index is 12.6. The Labute approximate surface area is 257 Å². The minimum atomic E-state index is -0.766. The number of fused-ring (bicyclic) bond motifs is 1. The highest BCUT2D eigenvalue weighted by atomic mass is 16.6. The highest BCUT2D eigenvalue weighted by Crippen LogP contribution is 2.33. The van der Waals surface area contributed by atoms with E-state index in [1.807, 2.05) is 18.2 Å². The van der Waals surface area contributed by atoms with Crippen molar-refractivity contribution in [2.45, 2.75) is 32.6 Å². The Bertz CT molecular complexity index is 1550. The molecule has 0 N–H and O–H groups in total. The van der Waals surface area contributed by atoms with Gasteiger partial charge in [-0.1, -0.05) is 36.9 Å². The van der Waals surface area contributed by atoms with Gasteiger partial charge in [0.1, 0.15) is 37.5 Å². The van der Waals surface area contributed by atoms with E-state index in [4.69, 9.17) is 23.7 Å². The number of nitrogens with zero attached hydrogens (tertiary/aromatic N) is 2. The average molecular weight is 623 g/mol. The number of rotatable bonds is 16. The molecule has 236 valence electrons. The van der Waals surface area contributed by atoms with Crippen molar-refractivity contribution in [1.82, 2.24) is 9.97 Å². The Morgan fingerprint density at radius 3 is 1.73 bits per heavy atom. The van der Waals surface area contributed by atoms with Crippen LogP contribution >= 0.6 is 0 Å². The second-order valence-electron chi connectivity index (χ2n) is 8.98. The number of hydrogen-bond donors (Lipinski definition) is 0. The van der Waals surface area contributed by atoms with Crippen LogP contribution in [0.4, 0.5) is 0 Å². The summed E-state index contributed by atoms with van der Waals surface area (Å²) in [5, 5.41) is 0. The molecule has 0 saturated carbocycles. The lowest BCUT2D eigenvalue weighted by Crippen LogP contribution is -2.16. The Hall–Kier alpha value is -5.66. The number of aromatic nitrogens is 2. The molecule has 14 nitrogen and oxygen atoms in total. The maximum absolute atomic E-state index is 12.6. The highest BCUT2D eigenvalue weighted by molar-refractivity contribution is 5.92. The van der Waals surface area contributed by atoms with Crippen molar-refractivity contribution in [3.05, 3.63) is 61.3 Å². The molecule has 0 aliphatic heterocycles. The third-order valence-corrected chi connectivity index (χ3v) is 5.62. The van der Waals surface area contributed by atoms with Crippen LogP contribution < -0.4 is 9.47 Å². The normalized spacial score (nSPS) is 10.3. The van der Waals surface area contributed by atoms with Crippen LogP contribution in [0.25, 0.3) is 22.3 Å². The van der Waals surface area contributed by atoms with Gasteiger partial charge in [-0.15, -0.1) is 0 Å². The second-order valence-corrected chi connectivity index (χ2v) is 8.98. The molecule has 3 aromatic rings.